The van der Waals surface area contributed by atoms with Crippen molar-refractivity contribution >= 4 is 17.9 Å². The molecule has 196 valence electrons. The Bertz CT molecular complexity index is 1250. The second-order valence-electron chi connectivity index (χ2n) is 9.46. The number of piperazine rings is 1. The van der Waals surface area contributed by atoms with Crippen LogP contribution in [0.1, 0.15) is 23.6 Å². The molecule has 0 aromatic heterocycles. The van der Waals surface area contributed by atoms with Crippen LogP contribution in [0.5, 0.6) is 0 Å². The third-order valence-electron chi connectivity index (χ3n) is 6.98. The lowest BCUT2D eigenvalue weighted by Gasteiger charge is -2.52. The van der Waals surface area contributed by atoms with E-state index in [0.29, 0.717) is 13.0 Å². The predicted octanol–water partition coefficient (Wildman–Crippen LogP) is 3.81. The first kappa shape index (κ1) is 25.5. The minimum atomic E-state index is -0.975. The van der Waals surface area contributed by atoms with Crippen molar-refractivity contribution in [2.45, 2.75) is 44.7 Å². The van der Waals surface area contributed by atoms with Gasteiger partial charge in [-0.25, -0.2) is 4.79 Å². The number of carbonyl (C=O) groups is 3. The maximum Gasteiger partial charge on any atom is 0.436 e. The number of rotatable bonds is 7. The molecule has 5 rings (SSSR count). The quantitative estimate of drug-likeness (QED) is 0.480. The van der Waals surface area contributed by atoms with E-state index in [4.69, 9.17) is 9.57 Å². The molecule has 0 aliphatic carbocycles. The summed E-state index contributed by atoms with van der Waals surface area (Å²) in [7, 11) is 0. The molecule has 2 heterocycles. The van der Waals surface area contributed by atoms with Gasteiger partial charge in [-0.1, -0.05) is 91.0 Å². The van der Waals surface area contributed by atoms with Gasteiger partial charge in [0.2, 0.25) is 5.91 Å². The largest absolute Gasteiger partial charge is 0.443 e. The van der Waals surface area contributed by atoms with Crippen molar-refractivity contribution in [2.24, 2.45) is 0 Å². The molecule has 2 fully saturated rings. The van der Waals surface area contributed by atoms with Gasteiger partial charge in [0.05, 0.1) is 6.54 Å². The standard InChI is InChI=1S/C30H31N3O5/c1-2-31-20-27-32(25(28(31)34)18-22-12-6-3-7-13-22)29(35)26(19-23-14-8-4-9-15-23)38-33(27)30(36)37-21-24-16-10-5-11-17-24/h3-17,25-27H,2,18-21H2,1H3/t25-,26+,27?/m0/s1. The van der Waals surface area contributed by atoms with Crippen LogP contribution in [-0.4, -0.2) is 64.2 Å². The van der Waals surface area contributed by atoms with E-state index in [1.807, 2.05) is 97.9 Å². The number of nitrogens with zero attached hydrogens (tertiary/aromatic N) is 3. The number of ether oxygens (including phenoxy) is 1. The Kier molecular flexibility index (Phi) is 7.70. The molecule has 0 radical (unpaired) electrons. The van der Waals surface area contributed by atoms with Gasteiger partial charge in [0.1, 0.15) is 12.6 Å². The van der Waals surface area contributed by atoms with Crippen LogP contribution in [0.2, 0.25) is 0 Å². The topological polar surface area (TPSA) is 79.4 Å². The maximum atomic E-state index is 13.9. The zero-order valence-corrected chi connectivity index (χ0v) is 21.3. The summed E-state index contributed by atoms with van der Waals surface area (Å²) < 4.78 is 5.62. The summed E-state index contributed by atoms with van der Waals surface area (Å²) in [5, 5.41) is 1.16. The molecular formula is C30H31N3O5. The first-order valence-corrected chi connectivity index (χ1v) is 12.9. The smallest absolute Gasteiger partial charge is 0.436 e. The van der Waals surface area contributed by atoms with E-state index in [9.17, 15) is 14.4 Å². The second-order valence-corrected chi connectivity index (χ2v) is 9.46. The Labute approximate surface area is 222 Å². The molecule has 0 bridgehead atoms. The monoisotopic (exact) mass is 513 g/mol. The third kappa shape index (κ3) is 5.40. The molecule has 3 aromatic carbocycles. The number of fused-ring (bicyclic) bond motifs is 1. The van der Waals surface area contributed by atoms with Crippen molar-refractivity contribution in [1.82, 2.24) is 14.9 Å². The highest BCUT2D eigenvalue weighted by atomic mass is 16.7. The van der Waals surface area contributed by atoms with Gasteiger partial charge in [0.15, 0.2) is 12.3 Å². The highest BCUT2D eigenvalue weighted by Crippen LogP contribution is 2.30. The third-order valence-corrected chi connectivity index (χ3v) is 6.98. The molecule has 1 unspecified atom stereocenters. The summed E-state index contributed by atoms with van der Waals surface area (Å²) in [5.74, 6) is -0.449. The molecule has 0 saturated carbocycles. The van der Waals surface area contributed by atoms with Gasteiger partial charge in [-0.3, -0.25) is 14.4 Å². The van der Waals surface area contributed by atoms with Crippen LogP contribution in [0.15, 0.2) is 91.0 Å². The average molecular weight is 514 g/mol. The van der Waals surface area contributed by atoms with E-state index in [-0.39, 0.29) is 31.4 Å². The fraction of sp³-hybridized carbons (Fsp3) is 0.300. The molecule has 2 aliphatic rings. The maximum absolute atomic E-state index is 13.9. The molecule has 2 aliphatic heterocycles. The number of hydrogen-bond donors (Lipinski definition) is 0. The highest BCUT2D eigenvalue weighted by molar-refractivity contribution is 5.92. The van der Waals surface area contributed by atoms with E-state index in [1.54, 1.807) is 9.80 Å². The van der Waals surface area contributed by atoms with E-state index in [0.717, 1.165) is 21.8 Å². The van der Waals surface area contributed by atoms with Crippen molar-refractivity contribution in [3.8, 4) is 0 Å². The summed E-state index contributed by atoms with van der Waals surface area (Å²) in [5.41, 5.74) is 2.65. The van der Waals surface area contributed by atoms with Crippen LogP contribution >= 0.6 is 0 Å². The number of benzene rings is 3. The summed E-state index contributed by atoms with van der Waals surface area (Å²) in [6.45, 7) is 2.54. The molecule has 8 nitrogen and oxygen atoms in total. The van der Waals surface area contributed by atoms with Gasteiger partial charge in [-0.05, 0) is 23.6 Å². The van der Waals surface area contributed by atoms with Gasteiger partial charge in [0, 0.05) is 19.4 Å². The van der Waals surface area contributed by atoms with E-state index in [1.165, 1.54) is 0 Å². The minimum Gasteiger partial charge on any atom is -0.443 e. The van der Waals surface area contributed by atoms with Gasteiger partial charge in [-0.2, -0.15) is 5.06 Å². The van der Waals surface area contributed by atoms with Crippen molar-refractivity contribution in [2.75, 3.05) is 13.1 Å². The van der Waals surface area contributed by atoms with Crippen LogP contribution in [-0.2, 0) is 38.6 Å². The van der Waals surface area contributed by atoms with Crippen LogP contribution in [0.25, 0.3) is 0 Å². The fourth-order valence-electron chi connectivity index (χ4n) is 5.03. The van der Waals surface area contributed by atoms with Gasteiger partial charge >= 0.3 is 6.09 Å². The number of likely N-dealkylation sites (N-methyl/N-ethyl adjacent to an activating group) is 1. The van der Waals surface area contributed by atoms with Crippen molar-refractivity contribution in [3.05, 3.63) is 108 Å². The van der Waals surface area contributed by atoms with Crippen LogP contribution in [0, 0.1) is 0 Å². The second kappa shape index (κ2) is 11.5. The molecule has 3 atom stereocenters. The van der Waals surface area contributed by atoms with Crippen molar-refractivity contribution in [1.29, 1.82) is 0 Å². The average Bonchev–Trinajstić information content (AvgIpc) is 2.96. The SMILES string of the molecule is CCN1CC2N(C(=O)OCc3ccccc3)O[C@H](Cc3ccccc3)C(=O)N2[C@@H](Cc2ccccc2)C1=O. The normalized spacial score (nSPS) is 21.3. The fourth-order valence-corrected chi connectivity index (χ4v) is 5.03. The van der Waals surface area contributed by atoms with Crippen LogP contribution in [0.3, 0.4) is 0 Å². The first-order chi connectivity index (χ1) is 18.5. The summed E-state index contributed by atoms with van der Waals surface area (Å²) >= 11 is 0. The number of hydrogen-bond acceptors (Lipinski definition) is 5. The molecule has 2 saturated heterocycles. The van der Waals surface area contributed by atoms with Crippen LogP contribution in [0.4, 0.5) is 4.79 Å². The Morgan fingerprint density at radius 2 is 1.37 bits per heavy atom. The number of carbonyl (C=O) groups excluding carboxylic acids is 3. The van der Waals surface area contributed by atoms with Crippen LogP contribution < -0.4 is 0 Å². The summed E-state index contributed by atoms with van der Waals surface area (Å²) in [6.07, 6.45) is -1.88. The van der Waals surface area contributed by atoms with E-state index < -0.39 is 24.4 Å². The van der Waals surface area contributed by atoms with E-state index in [2.05, 4.69) is 0 Å². The van der Waals surface area contributed by atoms with E-state index >= 15 is 0 Å². The lowest BCUT2D eigenvalue weighted by Crippen LogP contribution is -2.74. The highest BCUT2D eigenvalue weighted by Gasteiger charge is 2.53. The molecule has 38 heavy (non-hydrogen) atoms. The molecule has 8 heteroatoms. The summed E-state index contributed by atoms with van der Waals surface area (Å²) in [4.78, 5) is 50.2. The van der Waals surface area contributed by atoms with Crippen molar-refractivity contribution < 1.29 is 24.0 Å². The first-order valence-electron chi connectivity index (χ1n) is 12.9. The zero-order chi connectivity index (χ0) is 26.5. The Morgan fingerprint density at radius 1 is 0.816 bits per heavy atom. The molecular weight excluding hydrogens is 482 g/mol. The van der Waals surface area contributed by atoms with Gasteiger partial charge in [-0.15, -0.1) is 0 Å². The lowest BCUT2D eigenvalue weighted by molar-refractivity contribution is -0.266. The van der Waals surface area contributed by atoms with Gasteiger partial charge in [0.25, 0.3) is 5.91 Å². The molecule has 0 N–H and O–H groups in total. The lowest BCUT2D eigenvalue weighted by atomic mass is 9.97. The number of hydroxylamine groups is 2. The predicted molar refractivity (Wildman–Crippen MR) is 140 cm³/mol. The molecule has 3 aromatic rings. The number of amides is 3. The Balaban J connectivity index is 1.47. The van der Waals surface area contributed by atoms with Crippen molar-refractivity contribution in [3.63, 3.8) is 0 Å². The zero-order valence-electron chi connectivity index (χ0n) is 21.3. The Morgan fingerprint density at radius 3 is 1.95 bits per heavy atom. The molecule has 3 amide bonds. The van der Waals surface area contributed by atoms with Gasteiger partial charge < -0.3 is 14.5 Å². The summed E-state index contributed by atoms with van der Waals surface area (Å²) in [6, 6.07) is 27.7. The Hall–Kier alpha value is -4.17. The molecule has 0 spiro atoms. The minimum absolute atomic E-state index is 0.0629.